The number of rotatable bonds is 1. The normalized spacial score (nSPS) is 15.8. The average Bonchev–Trinajstić information content (AvgIpc) is 2.54. The first-order valence-electron chi connectivity index (χ1n) is 5.45. The lowest BCUT2D eigenvalue weighted by Crippen LogP contribution is -2.17. The van der Waals surface area contributed by atoms with Gasteiger partial charge in [0.25, 0.3) is 0 Å². The van der Waals surface area contributed by atoms with Gasteiger partial charge in [0.15, 0.2) is 0 Å². The molecule has 3 heteroatoms. The molecule has 16 heavy (non-hydrogen) atoms. The molecule has 0 bridgehead atoms. The Bertz CT molecular complexity index is 414. The van der Waals surface area contributed by atoms with Gasteiger partial charge in [0.05, 0.1) is 11.6 Å². The van der Waals surface area contributed by atoms with Crippen LogP contribution in [0.15, 0.2) is 36.7 Å². The summed E-state index contributed by atoms with van der Waals surface area (Å²) in [6.45, 7) is 2.11. The maximum atomic E-state index is 8.73. The largest absolute Gasteiger partial charge is 0.379 e. The monoisotopic (exact) mass is 213 g/mol. The second kappa shape index (κ2) is 4.71. The van der Waals surface area contributed by atoms with Crippen molar-refractivity contribution in [2.24, 2.45) is 0 Å². The van der Waals surface area contributed by atoms with Crippen LogP contribution in [-0.2, 0) is 0 Å². The van der Waals surface area contributed by atoms with Crippen LogP contribution in [0.5, 0.6) is 0 Å². The zero-order valence-electron chi connectivity index (χ0n) is 9.43. The summed E-state index contributed by atoms with van der Waals surface area (Å²) in [5.41, 5.74) is 1.85. The van der Waals surface area contributed by atoms with Gasteiger partial charge in [-0.3, -0.25) is 0 Å². The van der Waals surface area contributed by atoms with E-state index in [1.54, 1.807) is 0 Å². The highest BCUT2D eigenvalue weighted by atomic mass is 15.2. The van der Waals surface area contributed by atoms with Crippen molar-refractivity contribution in [1.82, 2.24) is 4.90 Å². The van der Waals surface area contributed by atoms with E-state index in [9.17, 15) is 0 Å². The first-order chi connectivity index (χ1) is 7.79. The molecule has 0 spiro atoms. The van der Waals surface area contributed by atoms with Crippen molar-refractivity contribution in [3.8, 4) is 6.07 Å². The Hall–Kier alpha value is -1.95. The van der Waals surface area contributed by atoms with Crippen LogP contribution < -0.4 is 4.90 Å². The summed E-state index contributed by atoms with van der Waals surface area (Å²) in [6.07, 6.45) is 5.32. The second-order valence-corrected chi connectivity index (χ2v) is 3.98. The van der Waals surface area contributed by atoms with E-state index in [2.05, 4.69) is 35.3 Å². The predicted octanol–water partition coefficient (Wildman–Crippen LogP) is 2.17. The molecule has 0 radical (unpaired) electrons. The van der Waals surface area contributed by atoms with Crippen LogP contribution in [0.2, 0.25) is 0 Å². The van der Waals surface area contributed by atoms with Gasteiger partial charge in [-0.1, -0.05) is 0 Å². The molecule has 0 aromatic heterocycles. The molecule has 82 valence electrons. The van der Waals surface area contributed by atoms with Crippen molar-refractivity contribution in [3.63, 3.8) is 0 Å². The Morgan fingerprint density at radius 3 is 2.56 bits per heavy atom. The van der Waals surface area contributed by atoms with Crippen LogP contribution in [0.1, 0.15) is 12.0 Å². The van der Waals surface area contributed by atoms with Crippen LogP contribution in [0.25, 0.3) is 0 Å². The van der Waals surface area contributed by atoms with Gasteiger partial charge in [0.1, 0.15) is 0 Å². The van der Waals surface area contributed by atoms with Crippen molar-refractivity contribution < 1.29 is 0 Å². The minimum atomic E-state index is 0.708. The van der Waals surface area contributed by atoms with Crippen LogP contribution in [0.4, 0.5) is 5.69 Å². The van der Waals surface area contributed by atoms with Crippen molar-refractivity contribution in [3.05, 3.63) is 42.2 Å². The Balaban J connectivity index is 2.17. The topological polar surface area (TPSA) is 30.3 Å². The molecule has 1 aliphatic rings. The standard InChI is InChI=1S/C13H15N3/c1-15-7-2-8-16(10-9-15)13-5-3-12(11-14)4-6-13/h3-6,9-10H,2,7-8H2,1H3. The van der Waals surface area contributed by atoms with Crippen LogP contribution in [0, 0.1) is 11.3 Å². The van der Waals surface area contributed by atoms with Gasteiger partial charge in [0, 0.05) is 38.2 Å². The maximum absolute atomic E-state index is 8.73. The van der Waals surface area contributed by atoms with Crippen molar-refractivity contribution in [2.45, 2.75) is 6.42 Å². The smallest absolute Gasteiger partial charge is 0.0991 e. The quantitative estimate of drug-likeness (QED) is 0.716. The van der Waals surface area contributed by atoms with E-state index in [0.717, 1.165) is 25.2 Å². The molecule has 0 unspecified atom stereocenters. The van der Waals surface area contributed by atoms with Gasteiger partial charge in [-0.25, -0.2) is 0 Å². The van der Waals surface area contributed by atoms with Gasteiger partial charge in [0.2, 0.25) is 0 Å². The van der Waals surface area contributed by atoms with Gasteiger partial charge < -0.3 is 9.80 Å². The summed E-state index contributed by atoms with van der Waals surface area (Å²) in [5.74, 6) is 0. The van der Waals surface area contributed by atoms with Gasteiger partial charge in [-0.15, -0.1) is 0 Å². The summed E-state index contributed by atoms with van der Waals surface area (Å²) >= 11 is 0. The van der Waals surface area contributed by atoms with Crippen molar-refractivity contribution >= 4 is 5.69 Å². The third-order valence-electron chi connectivity index (χ3n) is 2.74. The molecule has 0 saturated carbocycles. The summed E-state index contributed by atoms with van der Waals surface area (Å²) in [4.78, 5) is 4.40. The minimum absolute atomic E-state index is 0.708. The number of anilines is 1. The van der Waals surface area contributed by atoms with Crippen LogP contribution in [0.3, 0.4) is 0 Å². The number of nitriles is 1. The SMILES string of the molecule is CN1C=CN(c2ccc(C#N)cc2)CCC1. The maximum Gasteiger partial charge on any atom is 0.0991 e. The molecule has 2 rings (SSSR count). The fourth-order valence-electron chi connectivity index (χ4n) is 1.78. The van der Waals surface area contributed by atoms with Gasteiger partial charge >= 0.3 is 0 Å². The lowest BCUT2D eigenvalue weighted by molar-refractivity contribution is 0.457. The molecule has 1 heterocycles. The molecule has 0 amide bonds. The number of hydrogen-bond acceptors (Lipinski definition) is 3. The Labute approximate surface area is 96.2 Å². The molecule has 0 aliphatic carbocycles. The lowest BCUT2D eigenvalue weighted by atomic mass is 10.2. The molecule has 0 fully saturated rings. The summed E-state index contributed by atoms with van der Waals surface area (Å²) in [5, 5.41) is 8.73. The fourth-order valence-corrected chi connectivity index (χ4v) is 1.78. The third kappa shape index (κ3) is 2.34. The molecule has 0 saturated heterocycles. The molecule has 1 aromatic carbocycles. The number of hydrogen-bond donors (Lipinski definition) is 0. The first kappa shape index (κ1) is 10.6. The van der Waals surface area contributed by atoms with Crippen molar-refractivity contribution in [1.29, 1.82) is 5.26 Å². The van der Waals surface area contributed by atoms with E-state index in [1.165, 1.54) is 0 Å². The van der Waals surface area contributed by atoms with Gasteiger partial charge in [-0.2, -0.15) is 5.26 Å². The minimum Gasteiger partial charge on any atom is -0.379 e. The molecule has 1 aliphatic heterocycles. The summed E-state index contributed by atoms with van der Waals surface area (Å²) in [7, 11) is 2.08. The van der Waals surface area contributed by atoms with E-state index in [4.69, 9.17) is 5.26 Å². The lowest BCUT2D eigenvalue weighted by Gasteiger charge is -2.18. The van der Waals surface area contributed by atoms with E-state index in [-0.39, 0.29) is 0 Å². The predicted molar refractivity (Wildman–Crippen MR) is 64.9 cm³/mol. The Morgan fingerprint density at radius 1 is 1.12 bits per heavy atom. The van der Waals surface area contributed by atoms with E-state index < -0.39 is 0 Å². The second-order valence-electron chi connectivity index (χ2n) is 3.98. The summed E-state index contributed by atoms with van der Waals surface area (Å²) < 4.78 is 0. The molecule has 3 nitrogen and oxygen atoms in total. The number of benzene rings is 1. The van der Waals surface area contributed by atoms with E-state index >= 15 is 0 Å². The molecular weight excluding hydrogens is 198 g/mol. The summed E-state index contributed by atoms with van der Waals surface area (Å²) in [6, 6.07) is 9.84. The third-order valence-corrected chi connectivity index (χ3v) is 2.74. The molecule has 1 aromatic rings. The Morgan fingerprint density at radius 2 is 1.88 bits per heavy atom. The first-order valence-corrected chi connectivity index (χ1v) is 5.45. The zero-order valence-corrected chi connectivity index (χ0v) is 9.43. The highest BCUT2D eigenvalue weighted by Crippen LogP contribution is 2.17. The zero-order chi connectivity index (χ0) is 11.4. The molecule has 0 atom stereocenters. The fraction of sp³-hybridized carbons (Fsp3) is 0.308. The van der Waals surface area contributed by atoms with Crippen LogP contribution in [-0.4, -0.2) is 25.0 Å². The van der Waals surface area contributed by atoms with Crippen molar-refractivity contribution in [2.75, 3.05) is 25.0 Å². The molecular formula is C13H15N3. The van der Waals surface area contributed by atoms with Gasteiger partial charge in [-0.05, 0) is 30.7 Å². The highest BCUT2D eigenvalue weighted by Gasteiger charge is 2.07. The average molecular weight is 213 g/mol. The van der Waals surface area contributed by atoms with E-state index in [0.29, 0.717) is 5.56 Å². The Kier molecular flexibility index (Phi) is 3.11. The highest BCUT2D eigenvalue weighted by molar-refractivity contribution is 5.51. The number of nitrogens with zero attached hydrogens (tertiary/aromatic N) is 3. The van der Waals surface area contributed by atoms with Crippen LogP contribution >= 0.6 is 0 Å². The van der Waals surface area contributed by atoms with E-state index in [1.807, 2.05) is 24.3 Å². The molecule has 0 N–H and O–H groups in total.